The molecular formula is C17H23N3OS. The lowest BCUT2D eigenvalue weighted by atomic mass is 10.1. The van der Waals surface area contributed by atoms with Crippen molar-refractivity contribution < 1.29 is 5.11 Å². The molecule has 5 heteroatoms. The Morgan fingerprint density at radius 1 is 1.18 bits per heavy atom. The van der Waals surface area contributed by atoms with Gasteiger partial charge in [0.1, 0.15) is 5.75 Å². The van der Waals surface area contributed by atoms with E-state index in [0.717, 1.165) is 31.9 Å². The average molecular weight is 317 g/mol. The fourth-order valence-electron chi connectivity index (χ4n) is 2.13. The van der Waals surface area contributed by atoms with Gasteiger partial charge in [-0.25, -0.2) is 0 Å². The van der Waals surface area contributed by atoms with Crippen LogP contribution in [0.2, 0.25) is 0 Å². The molecule has 0 aliphatic carbocycles. The lowest BCUT2D eigenvalue weighted by Crippen LogP contribution is -2.37. The van der Waals surface area contributed by atoms with Gasteiger partial charge in [0.25, 0.3) is 0 Å². The second kappa shape index (κ2) is 8.44. The molecule has 0 unspecified atom stereocenters. The fraction of sp³-hybridized carbons (Fsp3) is 0.353. The molecule has 2 aromatic rings. The summed E-state index contributed by atoms with van der Waals surface area (Å²) in [6.07, 6.45) is 2.00. The van der Waals surface area contributed by atoms with Crippen LogP contribution in [0, 0.1) is 6.92 Å². The van der Waals surface area contributed by atoms with Crippen molar-refractivity contribution in [2.24, 2.45) is 4.99 Å². The van der Waals surface area contributed by atoms with E-state index in [4.69, 9.17) is 0 Å². The molecule has 0 amide bonds. The molecule has 1 aromatic carbocycles. The van der Waals surface area contributed by atoms with Gasteiger partial charge in [-0.15, -0.1) is 11.3 Å². The molecule has 0 aliphatic rings. The van der Waals surface area contributed by atoms with Gasteiger partial charge in [0.15, 0.2) is 5.96 Å². The van der Waals surface area contributed by atoms with Crippen LogP contribution in [-0.4, -0.2) is 24.7 Å². The summed E-state index contributed by atoms with van der Waals surface area (Å²) < 4.78 is 0. The Kier molecular flexibility index (Phi) is 6.27. The maximum absolute atomic E-state index is 9.25. The minimum Gasteiger partial charge on any atom is -0.508 e. The first-order valence-electron chi connectivity index (χ1n) is 7.44. The molecule has 22 heavy (non-hydrogen) atoms. The van der Waals surface area contributed by atoms with Crippen LogP contribution in [0.5, 0.6) is 5.75 Å². The van der Waals surface area contributed by atoms with Crippen molar-refractivity contribution in [3.8, 4) is 5.75 Å². The predicted molar refractivity (Wildman–Crippen MR) is 93.7 cm³/mol. The number of nitrogens with zero attached hydrogens (tertiary/aromatic N) is 1. The van der Waals surface area contributed by atoms with E-state index in [2.05, 4.69) is 34.0 Å². The molecule has 2 rings (SSSR count). The van der Waals surface area contributed by atoms with Crippen LogP contribution in [0.1, 0.15) is 22.4 Å². The van der Waals surface area contributed by atoms with Crippen molar-refractivity contribution >= 4 is 17.3 Å². The highest BCUT2D eigenvalue weighted by Gasteiger charge is 2.02. The average Bonchev–Trinajstić information content (AvgIpc) is 2.93. The molecule has 0 saturated heterocycles. The molecule has 3 N–H and O–H groups in total. The Balaban J connectivity index is 1.68. The number of aromatic hydroxyl groups is 1. The zero-order valence-corrected chi connectivity index (χ0v) is 13.9. The molecule has 0 saturated carbocycles. The number of hydrogen-bond acceptors (Lipinski definition) is 3. The Hall–Kier alpha value is -2.01. The number of aryl methyl sites for hydroxylation is 2. The number of thiophene rings is 1. The van der Waals surface area contributed by atoms with Crippen LogP contribution < -0.4 is 10.6 Å². The molecule has 0 bridgehead atoms. The first kappa shape index (κ1) is 16.4. The number of aliphatic imine (C=N–C) groups is 1. The summed E-state index contributed by atoms with van der Waals surface area (Å²) >= 11 is 1.76. The van der Waals surface area contributed by atoms with Gasteiger partial charge in [-0.2, -0.15) is 0 Å². The van der Waals surface area contributed by atoms with Gasteiger partial charge < -0.3 is 15.7 Å². The van der Waals surface area contributed by atoms with Crippen molar-refractivity contribution in [3.05, 3.63) is 51.7 Å². The number of nitrogens with one attached hydrogen (secondary N) is 2. The Bertz CT molecular complexity index is 605. The van der Waals surface area contributed by atoms with Gasteiger partial charge in [0, 0.05) is 18.5 Å². The maximum atomic E-state index is 9.25. The van der Waals surface area contributed by atoms with Crippen molar-refractivity contribution in [2.45, 2.75) is 26.3 Å². The van der Waals surface area contributed by atoms with Crippen molar-refractivity contribution in [2.75, 3.05) is 13.6 Å². The second-order valence-corrected chi connectivity index (χ2v) is 6.15. The van der Waals surface area contributed by atoms with Gasteiger partial charge >= 0.3 is 0 Å². The molecule has 0 spiro atoms. The quantitative estimate of drug-likeness (QED) is 0.436. The van der Waals surface area contributed by atoms with E-state index in [0.29, 0.717) is 5.75 Å². The highest BCUT2D eigenvalue weighted by Crippen LogP contribution is 2.14. The fourth-order valence-corrected chi connectivity index (χ4v) is 2.98. The highest BCUT2D eigenvalue weighted by molar-refractivity contribution is 7.10. The standard InChI is InChI=1S/C17H23N3OS/c1-13-9-11-22-16(13)12-20-17(18-2)19-10-3-4-14-5-7-15(21)8-6-14/h5-9,11,21H,3-4,10,12H2,1-2H3,(H2,18,19,20). The molecule has 118 valence electrons. The summed E-state index contributed by atoms with van der Waals surface area (Å²) in [4.78, 5) is 5.58. The third-order valence-corrected chi connectivity index (χ3v) is 4.50. The number of phenols is 1. The zero-order valence-electron chi connectivity index (χ0n) is 13.1. The second-order valence-electron chi connectivity index (χ2n) is 5.15. The van der Waals surface area contributed by atoms with E-state index in [1.807, 2.05) is 12.1 Å². The summed E-state index contributed by atoms with van der Waals surface area (Å²) in [7, 11) is 1.79. The number of guanidine groups is 1. The largest absolute Gasteiger partial charge is 0.508 e. The predicted octanol–water partition coefficient (Wildman–Crippen LogP) is 3.06. The van der Waals surface area contributed by atoms with Crippen LogP contribution in [0.3, 0.4) is 0 Å². The Labute approximate surface area is 135 Å². The van der Waals surface area contributed by atoms with E-state index in [1.54, 1.807) is 30.5 Å². The third kappa shape index (κ3) is 5.07. The SMILES string of the molecule is CN=C(NCCCc1ccc(O)cc1)NCc1sccc1C. The third-order valence-electron chi connectivity index (χ3n) is 3.48. The normalized spacial score (nSPS) is 11.5. The van der Waals surface area contributed by atoms with Crippen molar-refractivity contribution in [3.63, 3.8) is 0 Å². The first-order chi connectivity index (χ1) is 10.7. The summed E-state index contributed by atoms with van der Waals surface area (Å²) in [5, 5.41) is 18.0. The van der Waals surface area contributed by atoms with Gasteiger partial charge in [-0.3, -0.25) is 4.99 Å². The topological polar surface area (TPSA) is 56.7 Å². The zero-order chi connectivity index (χ0) is 15.8. The number of hydrogen-bond donors (Lipinski definition) is 3. The van der Waals surface area contributed by atoms with Crippen LogP contribution in [0.4, 0.5) is 0 Å². The van der Waals surface area contributed by atoms with Gasteiger partial charge in [-0.05, 0) is 54.5 Å². The summed E-state index contributed by atoms with van der Waals surface area (Å²) in [5.74, 6) is 1.15. The Morgan fingerprint density at radius 3 is 2.59 bits per heavy atom. The molecule has 0 aliphatic heterocycles. The highest BCUT2D eigenvalue weighted by atomic mass is 32.1. The van der Waals surface area contributed by atoms with E-state index in [-0.39, 0.29) is 0 Å². The molecule has 1 heterocycles. The molecule has 1 aromatic heterocycles. The monoisotopic (exact) mass is 317 g/mol. The number of phenolic OH excluding ortho intramolecular Hbond substituents is 1. The van der Waals surface area contributed by atoms with Crippen molar-refractivity contribution in [1.29, 1.82) is 0 Å². The van der Waals surface area contributed by atoms with Gasteiger partial charge in [0.2, 0.25) is 0 Å². The molecular weight excluding hydrogens is 294 g/mol. The number of rotatable bonds is 6. The minimum absolute atomic E-state index is 0.315. The van der Waals surface area contributed by atoms with E-state index >= 15 is 0 Å². The van der Waals surface area contributed by atoms with Crippen LogP contribution in [0.15, 0.2) is 40.7 Å². The molecule has 0 atom stereocenters. The van der Waals surface area contributed by atoms with Gasteiger partial charge in [-0.1, -0.05) is 12.1 Å². The summed E-state index contributed by atoms with van der Waals surface area (Å²) in [6, 6.07) is 9.51. The molecule has 4 nitrogen and oxygen atoms in total. The van der Waals surface area contributed by atoms with Crippen LogP contribution in [-0.2, 0) is 13.0 Å². The lowest BCUT2D eigenvalue weighted by molar-refractivity contribution is 0.475. The van der Waals surface area contributed by atoms with E-state index in [9.17, 15) is 5.11 Å². The van der Waals surface area contributed by atoms with Gasteiger partial charge in [0.05, 0.1) is 6.54 Å². The first-order valence-corrected chi connectivity index (χ1v) is 8.32. The minimum atomic E-state index is 0.315. The summed E-state index contributed by atoms with van der Waals surface area (Å²) in [6.45, 7) is 3.80. The van der Waals surface area contributed by atoms with E-state index < -0.39 is 0 Å². The molecule has 0 fully saturated rings. The van der Waals surface area contributed by atoms with Crippen LogP contribution in [0.25, 0.3) is 0 Å². The Morgan fingerprint density at radius 2 is 1.95 bits per heavy atom. The van der Waals surface area contributed by atoms with Crippen LogP contribution >= 0.6 is 11.3 Å². The van der Waals surface area contributed by atoms with Crippen molar-refractivity contribution in [1.82, 2.24) is 10.6 Å². The molecule has 0 radical (unpaired) electrons. The smallest absolute Gasteiger partial charge is 0.191 e. The number of benzene rings is 1. The lowest BCUT2D eigenvalue weighted by Gasteiger charge is -2.11. The maximum Gasteiger partial charge on any atom is 0.191 e. The summed E-state index contributed by atoms with van der Waals surface area (Å²) in [5.41, 5.74) is 2.55. The van der Waals surface area contributed by atoms with E-state index in [1.165, 1.54) is 16.0 Å².